The summed E-state index contributed by atoms with van der Waals surface area (Å²) in [7, 11) is 0. The molecule has 0 saturated carbocycles. The molecule has 0 aromatic carbocycles. The van der Waals surface area contributed by atoms with Crippen molar-refractivity contribution in [2.75, 3.05) is 19.6 Å². The number of hydrogen-bond acceptors (Lipinski definition) is 4. The minimum Gasteiger partial charge on any atom is -0.505 e. The predicted molar refractivity (Wildman–Crippen MR) is 56.9 cm³/mol. The summed E-state index contributed by atoms with van der Waals surface area (Å²) in [5.41, 5.74) is 4.93. The normalized spacial score (nSPS) is 11.3. The Balaban J connectivity index is 2.93. The molecule has 0 aliphatic heterocycles. The molecule has 8 heteroatoms. The van der Waals surface area contributed by atoms with Crippen LogP contribution in [0, 0.1) is 0 Å². The lowest BCUT2D eigenvalue weighted by Gasteiger charge is -2.23. The maximum atomic E-state index is 12.3. The zero-order chi connectivity index (χ0) is 13.8. The minimum atomic E-state index is -4.52. The summed E-state index contributed by atoms with van der Waals surface area (Å²) in [6, 6.07) is 1.15. The van der Waals surface area contributed by atoms with E-state index in [1.54, 1.807) is 0 Å². The molecule has 1 rings (SSSR count). The molecule has 0 spiro atoms. The first-order chi connectivity index (χ1) is 8.35. The molecular formula is C10H12F3N3O2. The summed E-state index contributed by atoms with van der Waals surface area (Å²) in [5.74, 6) is -1.40. The van der Waals surface area contributed by atoms with Gasteiger partial charge in [-0.05, 0) is 6.07 Å². The zero-order valence-corrected chi connectivity index (χ0v) is 9.31. The quantitative estimate of drug-likeness (QED) is 0.840. The van der Waals surface area contributed by atoms with E-state index in [-0.39, 0.29) is 18.7 Å². The van der Waals surface area contributed by atoms with Crippen molar-refractivity contribution in [3.05, 3.63) is 24.0 Å². The Morgan fingerprint density at radius 2 is 2.17 bits per heavy atom. The Labute approximate surface area is 101 Å². The van der Waals surface area contributed by atoms with Crippen LogP contribution < -0.4 is 5.73 Å². The first-order valence-electron chi connectivity index (χ1n) is 5.04. The average Bonchev–Trinajstić information content (AvgIpc) is 2.26. The van der Waals surface area contributed by atoms with Crippen LogP contribution in [0.1, 0.15) is 10.4 Å². The summed E-state index contributed by atoms with van der Waals surface area (Å²) in [6.07, 6.45) is -2.32. The van der Waals surface area contributed by atoms with Crippen molar-refractivity contribution < 1.29 is 23.1 Å². The number of amides is 1. The monoisotopic (exact) mass is 263 g/mol. The molecule has 0 unspecified atom stereocenters. The van der Waals surface area contributed by atoms with Gasteiger partial charge in [-0.1, -0.05) is 0 Å². The summed E-state index contributed by atoms with van der Waals surface area (Å²) in [5, 5.41) is 9.37. The number of nitrogens with zero attached hydrogens (tertiary/aromatic N) is 2. The molecule has 0 aliphatic rings. The number of nitrogens with two attached hydrogens (primary N) is 1. The van der Waals surface area contributed by atoms with Gasteiger partial charge in [-0.25, -0.2) is 0 Å². The van der Waals surface area contributed by atoms with Gasteiger partial charge in [-0.15, -0.1) is 0 Å². The predicted octanol–water partition coefficient (Wildman–Crippen LogP) is 0.750. The van der Waals surface area contributed by atoms with Gasteiger partial charge in [0.2, 0.25) is 0 Å². The zero-order valence-electron chi connectivity index (χ0n) is 9.31. The molecule has 100 valence electrons. The van der Waals surface area contributed by atoms with E-state index in [2.05, 4.69) is 4.98 Å². The Kier molecular flexibility index (Phi) is 4.49. The van der Waals surface area contributed by atoms with Crippen LogP contribution in [0.25, 0.3) is 0 Å². The first-order valence-corrected chi connectivity index (χ1v) is 5.04. The standard InChI is InChI=1S/C10H12F3N3O2/c11-10(12,13)6-16(4-2-14)9(18)7-1-3-15-5-8(7)17/h1,3,5,17H,2,4,6,14H2. The van der Waals surface area contributed by atoms with Crippen molar-refractivity contribution in [2.45, 2.75) is 6.18 Å². The third kappa shape index (κ3) is 3.88. The summed E-state index contributed by atoms with van der Waals surface area (Å²) in [4.78, 5) is 15.9. The Bertz CT molecular complexity index is 423. The number of rotatable bonds is 4. The smallest absolute Gasteiger partial charge is 0.406 e. The van der Waals surface area contributed by atoms with Gasteiger partial charge >= 0.3 is 6.18 Å². The van der Waals surface area contributed by atoms with E-state index >= 15 is 0 Å². The van der Waals surface area contributed by atoms with Crippen LogP contribution in [0.3, 0.4) is 0 Å². The summed E-state index contributed by atoms with van der Waals surface area (Å²) < 4.78 is 36.9. The summed E-state index contributed by atoms with van der Waals surface area (Å²) >= 11 is 0. The number of carbonyl (C=O) groups excluding carboxylic acids is 1. The third-order valence-corrected chi connectivity index (χ3v) is 2.09. The second-order valence-corrected chi connectivity index (χ2v) is 3.52. The molecule has 0 aliphatic carbocycles. The van der Waals surface area contributed by atoms with Crippen molar-refractivity contribution in [2.24, 2.45) is 5.73 Å². The molecule has 3 N–H and O–H groups in total. The maximum absolute atomic E-state index is 12.3. The highest BCUT2D eigenvalue weighted by Gasteiger charge is 2.33. The fourth-order valence-electron chi connectivity index (χ4n) is 1.36. The van der Waals surface area contributed by atoms with Gasteiger partial charge < -0.3 is 15.7 Å². The molecule has 5 nitrogen and oxygen atoms in total. The molecule has 1 amide bonds. The highest BCUT2D eigenvalue weighted by Crippen LogP contribution is 2.21. The van der Waals surface area contributed by atoms with E-state index in [9.17, 15) is 23.1 Å². The molecule has 0 fully saturated rings. The van der Waals surface area contributed by atoms with Gasteiger partial charge in [0, 0.05) is 19.3 Å². The largest absolute Gasteiger partial charge is 0.505 e. The Hall–Kier alpha value is -1.83. The lowest BCUT2D eigenvalue weighted by Crippen LogP contribution is -2.41. The number of carbonyl (C=O) groups is 1. The van der Waals surface area contributed by atoms with Crippen molar-refractivity contribution in [3.8, 4) is 5.75 Å². The van der Waals surface area contributed by atoms with Crippen LogP contribution in [-0.2, 0) is 0 Å². The fourth-order valence-corrected chi connectivity index (χ4v) is 1.36. The van der Waals surface area contributed by atoms with Crippen molar-refractivity contribution in [1.29, 1.82) is 0 Å². The van der Waals surface area contributed by atoms with E-state index in [1.807, 2.05) is 0 Å². The topological polar surface area (TPSA) is 79.5 Å². The SMILES string of the molecule is NCCN(CC(F)(F)F)C(=O)c1ccncc1O. The molecular weight excluding hydrogens is 251 g/mol. The average molecular weight is 263 g/mol. The van der Waals surface area contributed by atoms with Crippen molar-refractivity contribution >= 4 is 5.91 Å². The number of hydrogen-bond donors (Lipinski definition) is 2. The van der Waals surface area contributed by atoms with Gasteiger partial charge in [-0.3, -0.25) is 9.78 Å². The fraction of sp³-hybridized carbons (Fsp3) is 0.400. The summed E-state index contributed by atoms with van der Waals surface area (Å²) in [6.45, 7) is -1.77. The number of aromatic hydroxyl groups is 1. The van der Waals surface area contributed by atoms with Crippen LogP contribution in [0.4, 0.5) is 13.2 Å². The lowest BCUT2D eigenvalue weighted by atomic mass is 10.2. The molecule has 18 heavy (non-hydrogen) atoms. The van der Waals surface area contributed by atoms with Crippen molar-refractivity contribution in [3.63, 3.8) is 0 Å². The van der Waals surface area contributed by atoms with Gasteiger partial charge in [0.25, 0.3) is 5.91 Å². The molecule has 1 aromatic rings. The lowest BCUT2D eigenvalue weighted by molar-refractivity contribution is -0.140. The van der Waals surface area contributed by atoms with E-state index in [0.717, 1.165) is 12.3 Å². The van der Waals surface area contributed by atoms with E-state index in [1.165, 1.54) is 6.20 Å². The number of aromatic nitrogens is 1. The first kappa shape index (κ1) is 14.2. The van der Waals surface area contributed by atoms with E-state index in [4.69, 9.17) is 5.73 Å². The molecule has 0 atom stereocenters. The molecule has 0 saturated heterocycles. The second-order valence-electron chi connectivity index (χ2n) is 3.52. The van der Waals surface area contributed by atoms with Crippen LogP contribution in [0.2, 0.25) is 0 Å². The van der Waals surface area contributed by atoms with Gasteiger partial charge in [-0.2, -0.15) is 13.2 Å². The molecule has 0 bridgehead atoms. The van der Waals surface area contributed by atoms with Crippen LogP contribution in [0.15, 0.2) is 18.5 Å². The number of pyridine rings is 1. The number of alkyl halides is 3. The second kappa shape index (κ2) is 5.67. The van der Waals surface area contributed by atoms with Crippen LogP contribution in [-0.4, -0.2) is 46.7 Å². The highest BCUT2D eigenvalue weighted by atomic mass is 19.4. The number of halogens is 3. The molecule has 1 heterocycles. The van der Waals surface area contributed by atoms with Gasteiger partial charge in [0.15, 0.2) is 0 Å². The van der Waals surface area contributed by atoms with Crippen LogP contribution >= 0.6 is 0 Å². The Morgan fingerprint density at radius 1 is 1.50 bits per heavy atom. The minimum absolute atomic E-state index is 0.104. The molecule has 0 radical (unpaired) electrons. The van der Waals surface area contributed by atoms with E-state index in [0.29, 0.717) is 4.90 Å². The van der Waals surface area contributed by atoms with E-state index < -0.39 is 24.4 Å². The highest BCUT2D eigenvalue weighted by molar-refractivity contribution is 5.96. The van der Waals surface area contributed by atoms with Gasteiger partial charge in [0.1, 0.15) is 12.3 Å². The van der Waals surface area contributed by atoms with Crippen LogP contribution in [0.5, 0.6) is 5.75 Å². The third-order valence-electron chi connectivity index (χ3n) is 2.09. The maximum Gasteiger partial charge on any atom is 0.406 e. The van der Waals surface area contributed by atoms with Gasteiger partial charge in [0.05, 0.1) is 11.8 Å². The van der Waals surface area contributed by atoms with Crippen molar-refractivity contribution in [1.82, 2.24) is 9.88 Å². The Morgan fingerprint density at radius 3 is 2.67 bits per heavy atom. The molecule has 1 aromatic heterocycles.